The predicted molar refractivity (Wildman–Crippen MR) is 82.2 cm³/mol. The lowest BCUT2D eigenvalue weighted by atomic mass is 10.1. The molecule has 0 saturated heterocycles. The van der Waals surface area contributed by atoms with Crippen molar-refractivity contribution in [2.45, 2.75) is 33.7 Å². The van der Waals surface area contributed by atoms with Crippen LogP contribution >= 0.6 is 0 Å². The lowest BCUT2D eigenvalue weighted by molar-refractivity contribution is 0.417. The van der Waals surface area contributed by atoms with Gasteiger partial charge in [-0.2, -0.15) is 0 Å². The Hall–Kier alpha value is -1.94. The summed E-state index contributed by atoms with van der Waals surface area (Å²) in [6.45, 7) is 7.37. The van der Waals surface area contributed by atoms with Crippen LogP contribution in [0.1, 0.15) is 30.0 Å². The Kier molecular flexibility index (Phi) is 5.28. The molecule has 0 bridgehead atoms. The molecule has 112 valence electrons. The number of nitrogens with one attached hydrogen (secondary N) is 1. The Bertz CT molecular complexity index is 593. The summed E-state index contributed by atoms with van der Waals surface area (Å²) in [6, 6.07) is 7.46. The van der Waals surface area contributed by atoms with Gasteiger partial charge in [0.25, 0.3) is 5.88 Å². The van der Waals surface area contributed by atoms with Gasteiger partial charge in [0.05, 0.1) is 0 Å². The van der Waals surface area contributed by atoms with Crippen molar-refractivity contribution in [2.75, 3.05) is 6.54 Å². The highest BCUT2D eigenvalue weighted by atomic mass is 19.1. The number of ether oxygens (including phenoxy) is 1. The number of hydrogen-bond donors (Lipinski definition) is 1. The predicted octanol–water partition coefficient (Wildman–Crippen LogP) is 4.13. The zero-order chi connectivity index (χ0) is 15.2. The minimum absolute atomic E-state index is 0.0239. The lowest BCUT2D eigenvalue weighted by Crippen LogP contribution is -2.15. The number of aryl methyl sites for hydroxylation is 2. The van der Waals surface area contributed by atoms with E-state index in [0.29, 0.717) is 17.9 Å². The topological polar surface area (TPSA) is 34.2 Å². The van der Waals surface area contributed by atoms with E-state index in [-0.39, 0.29) is 5.88 Å². The van der Waals surface area contributed by atoms with Crippen LogP contribution in [0, 0.1) is 19.7 Å². The van der Waals surface area contributed by atoms with E-state index in [1.165, 1.54) is 0 Å². The standard InChI is InChI=1S/C17H21FN2O/c1-4-6-19-11-14-5-7-20-17(16(14)18)21-15-9-12(2)8-13(3)10-15/h5,7-10,19H,4,6,11H2,1-3H3. The van der Waals surface area contributed by atoms with Crippen LogP contribution in [0.3, 0.4) is 0 Å². The molecule has 0 aliphatic carbocycles. The second kappa shape index (κ2) is 7.18. The first-order valence-electron chi connectivity index (χ1n) is 7.20. The van der Waals surface area contributed by atoms with Crippen molar-refractivity contribution in [3.63, 3.8) is 0 Å². The molecule has 4 heteroatoms. The third-order valence-corrected chi connectivity index (χ3v) is 3.09. The van der Waals surface area contributed by atoms with Gasteiger partial charge < -0.3 is 10.1 Å². The lowest BCUT2D eigenvalue weighted by Gasteiger charge is -2.10. The number of rotatable bonds is 6. The van der Waals surface area contributed by atoms with Crippen LogP contribution in [-0.4, -0.2) is 11.5 Å². The summed E-state index contributed by atoms with van der Waals surface area (Å²) in [5.74, 6) is 0.230. The molecule has 2 rings (SSSR count). The summed E-state index contributed by atoms with van der Waals surface area (Å²) in [6.07, 6.45) is 2.59. The molecule has 0 fully saturated rings. The van der Waals surface area contributed by atoms with E-state index in [4.69, 9.17) is 4.74 Å². The number of pyridine rings is 1. The van der Waals surface area contributed by atoms with Crippen molar-refractivity contribution in [3.05, 3.63) is 53.0 Å². The van der Waals surface area contributed by atoms with Gasteiger partial charge >= 0.3 is 0 Å². The van der Waals surface area contributed by atoms with Gasteiger partial charge in [0.15, 0.2) is 5.82 Å². The molecule has 0 amide bonds. The minimum Gasteiger partial charge on any atom is -0.436 e. The maximum Gasteiger partial charge on any atom is 0.256 e. The van der Waals surface area contributed by atoms with Crippen molar-refractivity contribution in [3.8, 4) is 11.6 Å². The monoisotopic (exact) mass is 288 g/mol. The van der Waals surface area contributed by atoms with Gasteiger partial charge in [-0.3, -0.25) is 0 Å². The number of aromatic nitrogens is 1. The Morgan fingerprint density at radius 2 is 1.90 bits per heavy atom. The van der Waals surface area contributed by atoms with Crippen molar-refractivity contribution in [1.82, 2.24) is 10.3 Å². The molecule has 3 nitrogen and oxygen atoms in total. The molecule has 0 unspecified atom stereocenters. The van der Waals surface area contributed by atoms with Crippen LogP contribution in [0.25, 0.3) is 0 Å². The van der Waals surface area contributed by atoms with Crippen LogP contribution < -0.4 is 10.1 Å². The largest absolute Gasteiger partial charge is 0.436 e. The molecular weight excluding hydrogens is 267 g/mol. The van der Waals surface area contributed by atoms with Gasteiger partial charge in [-0.15, -0.1) is 0 Å². The summed E-state index contributed by atoms with van der Waals surface area (Å²) >= 11 is 0. The van der Waals surface area contributed by atoms with Crippen LogP contribution in [0.5, 0.6) is 11.6 Å². The average molecular weight is 288 g/mol. The summed E-state index contributed by atoms with van der Waals surface area (Å²) < 4.78 is 20.0. The Labute approximate surface area is 125 Å². The van der Waals surface area contributed by atoms with E-state index in [9.17, 15) is 4.39 Å². The van der Waals surface area contributed by atoms with Gasteiger partial charge in [-0.25, -0.2) is 9.37 Å². The first kappa shape index (κ1) is 15.4. The second-order valence-electron chi connectivity index (χ2n) is 5.19. The van der Waals surface area contributed by atoms with Crippen molar-refractivity contribution in [1.29, 1.82) is 0 Å². The SMILES string of the molecule is CCCNCc1ccnc(Oc2cc(C)cc(C)c2)c1F. The molecular formula is C17H21FN2O. The third-order valence-electron chi connectivity index (χ3n) is 3.09. The molecule has 21 heavy (non-hydrogen) atoms. The molecule has 0 saturated carbocycles. The van der Waals surface area contributed by atoms with Crippen LogP contribution in [0.15, 0.2) is 30.5 Å². The highest BCUT2D eigenvalue weighted by Gasteiger charge is 2.11. The van der Waals surface area contributed by atoms with E-state index in [0.717, 1.165) is 24.1 Å². The Balaban J connectivity index is 2.18. The molecule has 1 aromatic carbocycles. The highest BCUT2D eigenvalue weighted by molar-refractivity contribution is 5.36. The molecule has 1 heterocycles. The first-order chi connectivity index (χ1) is 10.1. The van der Waals surface area contributed by atoms with E-state index in [2.05, 4.69) is 17.2 Å². The molecule has 0 aliphatic rings. The molecule has 0 atom stereocenters. The molecule has 0 radical (unpaired) electrons. The molecule has 0 aliphatic heterocycles. The zero-order valence-electron chi connectivity index (χ0n) is 12.7. The molecule has 2 aromatic rings. The van der Waals surface area contributed by atoms with Crippen molar-refractivity contribution < 1.29 is 9.13 Å². The quantitative estimate of drug-likeness (QED) is 0.812. The fourth-order valence-corrected chi connectivity index (χ4v) is 2.17. The van der Waals surface area contributed by atoms with E-state index in [1.807, 2.05) is 32.0 Å². The summed E-state index contributed by atoms with van der Waals surface area (Å²) in [5.41, 5.74) is 2.72. The number of nitrogens with zero attached hydrogens (tertiary/aromatic N) is 1. The van der Waals surface area contributed by atoms with E-state index >= 15 is 0 Å². The van der Waals surface area contributed by atoms with E-state index < -0.39 is 5.82 Å². The normalized spacial score (nSPS) is 10.7. The first-order valence-corrected chi connectivity index (χ1v) is 7.20. The number of hydrogen-bond acceptors (Lipinski definition) is 3. The number of benzene rings is 1. The Morgan fingerprint density at radius 3 is 2.57 bits per heavy atom. The smallest absolute Gasteiger partial charge is 0.256 e. The molecule has 1 aromatic heterocycles. The van der Waals surface area contributed by atoms with E-state index in [1.54, 1.807) is 12.3 Å². The average Bonchev–Trinajstić information content (AvgIpc) is 2.42. The minimum atomic E-state index is -0.403. The van der Waals surface area contributed by atoms with Crippen molar-refractivity contribution in [2.24, 2.45) is 0 Å². The second-order valence-corrected chi connectivity index (χ2v) is 5.19. The van der Waals surface area contributed by atoms with Crippen LogP contribution in [0.2, 0.25) is 0 Å². The van der Waals surface area contributed by atoms with Gasteiger partial charge in [0.2, 0.25) is 0 Å². The third kappa shape index (κ3) is 4.26. The maximum absolute atomic E-state index is 14.4. The maximum atomic E-state index is 14.4. The zero-order valence-corrected chi connectivity index (χ0v) is 12.7. The summed E-state index contributed by atoms with van der Waals surface area (Å²) in [7, 11) is 0. The summed E-state index contributed by atoms with van der Waals surface area (Å²) in [4.78, 5) is 4.00. The summed E-state index contributed by atoms with van der Waals surface area (Å²) in [5, 5.41) is 3.18. The fourth-order valence-electron chi connectivity index (χ4n) is 2.17. The molecule has 1 N–H and O–H groups in total. The van der Waals surface area contributed by atoms with Crippen LogP contribution in [0.4, 0.5) is 4.39 Å². The fraction of sp³-hybridized carbons (Fsp3) is 0.353. The van der Waals surface area contributed by atoms with Gasteiger partial charge in [-0.05, 0) is 56.1 Å². The van der Waals surface area contributed by atoms with Crippen LogP contribution in [-0.2, 0) is 6.54 Å². The van der Waals surface area contributed by atoms with Crippen molar-refractivity contribution >= 4 is 0 Å². The van der Waals surface area contributed by atoms with Gasteiger partial charge in [-0.1, -0.05) is 13.0 Å². The molecule has 0 spiro atoms. The highest BCUT2D eigenvalue weighted by Crippen LogP contribution is 2.25. The van der Waals surface area contributed by atoms with Gasteiger partial charge in [0.1, 0.15) is 5.75 Å². The Morgan fingerprint density at radius 1 is 1.19 bits per heavy atom. The number of halogens is 1. The van der Waals surface area contributed by atoms with Gasteiger partial charge in [0, 0.05) is 18.3 Å².